The van der Waals surface area contributed by atoms with E-state index in [9.17, 15) is 0 Å². The zero-order valence-corrected chi connectivity index (χ0v) is 18.2. The monoisotopic (exact) mass is 416 g/mol. The van der Waals surface area contributed by atoms with Crippen LogP contribution in [0.1, 0.15) is 35.1 Å². The quantitative estimate of drug-likeness (QED) is 0.478. The van der Waals surface area contributed by atoms with Crippen LogP contribution in [0.4, 0.5) is 0 Å². The molecule has 0 atom stereocenters. The predicted octanol–water partition coefficient (Wildman–Crippen LogP) is 6.53. The molecular formula is C22H24S4. The summed E-state index contributed by atoms with van der Waals surface area (Å²) in [6.45, 7) is 0. The van der Waals surface area contributed by atoms with Crippen LogP contribution in [0.3, 0.4) is 0 Å². The van der Waals surface area contributed by atoms with Crippen molar-refractivity contribution < 1.29 is 0 Å². The van der Waals surface area contributed by atoms with Crippen LogP contribution in [0.2, 0.25) is 0 Å². The molecule has 0 aromatic heterocycles. The largest absolute Gasteiger partial charge is 0.139 e. The van der Waals surface area contributed by atoms with Gasteiger partial charge in [0.2, 0.25) is 0 Å². The van der Waals surface area contributed by atoms with E-state index < -0.39 is 0 Å². The molecular weight excluding hydrogens is 393 g/mol. The third-order valence-corrected chi connectivity index (χ3v) is 12.3. The molecule has 1 aliphatic carbocycles. The van der Waals surface area contributed by atoms with E-state index in [1.807, 2.05) is 0 Å². The molecule has 2 spiro atoms. The molecule has 0 N–H and O–H groups in total. The second kappa shape index (κ2) is 7.35. The lowest BCUT2D eigenvalue weighted by Crippen LogP contribution is -2.30. The molecule has 3 aliphatic rings. The zero-order chi connectivity index (χ0) is 17.5. The molecule has 26 heavy (non-hydrogen) atoms. The minimum absolute atomic E-state index is 0.190. The number of benzene rings is 2. The van der Waals surface area contributed by atoms with Crippen molar-refractivity contribution >= 4 is 47.0 Å². The summed E-state index contributed by atoms with van der Waals surface area (Å²) in [5, 5.41) is 0. The fraction of sp³-hybridized carbons (Fsp3) is 0.455. The highest BCUT2D eigenvalue weighted by Crippen LogP contribution is 2.56. The van der Waals surface area contributed by atoms with Crippen LogP contribution in [0, 0.1) is 0 Å². The van der Waals surface area contributed by atoms with Gasteiger partial charge in [-0.15, -0.1) is 47.0 Å². The average molecular weight is 417 g/mol. The summed E-state index contributed by atoms with van der Waals surface area (Å²) in [4.78, 5) is 0. The van der Waals surface area contributed by atoms with Gasteiger partial charge in [-0.05, 0) is 58.1 Å². The lowest BCUT2D eigenvalue weighted by molar-refractivity contribution is 0.803. The first kappa shape index (κ1) is 17.9. The second-order valence-electron chi connectivity index (χ2n) is 7.36. The van der Waals surface area contributed by atoms with Gasteiger partial charge in [0.1, 0.15) is 0 Å². The minimum Gasteiger partial charge on any atom is -0.139 e. The van der Waals surface area contributed by atoms with Crippen molar-refractivity contribution in [3.63, 3.8) is 0 Å². The fourth-order valence-corrected chi connectivity index (χ4v) is 11.0. The third-order valence-electron chi connectivity index (χ3n) is 5.53. The average Bonchev–Trinajstić information content (AvgIpc) is 2.69. The molecule has 4 heteroatoms. The molecule has 0 amide bonds. The summed E-state index contributed by atoms with van der Waals surface area (Å²) in [5.74, 6) is 5.13. The molecule has 0 saturated carbocycles. The first-order valence-electron chi connectivity index (χ1n) is 9.53. The van der Waals surface area contributed by atoms with Gasteiger partial charge in [0.15, 0.2) is 0 Å². The summed E-state index contributed by atoms with van der Waals surface area (Å²) < 4.78 is 0.380. The lowest BCUT2D eigenvalue weighted by atomic mass is 9.93. The van der Waals surface area contributed by atoms with Crippen LogP contribution >= 0.6 is 47.0 Å². The molecule has 5 rings (SSSR count). The number of thioether (sulfide) groups is 4. The Kier molecular flexibility index (Phi) is 5.06. The summed E-state index contributed by atoms with van der Waals surface area (Å²) >= 11 is 8.73. The Hall–Kier alpha value is -0.160. The van der Waals surface area contributed by atoms with Crippen LogP contribution in [-0.2, 0) is 21.0 Å². The summed E-state index contributed by atoms with van der Waals surface area (Å²) in [6, 6.07) is 19.2. The van der Waals surface area contributed by atoms with Crippen LogP contribution in [-0.4, -0.2) is 23.0 Å². The molecule has 0 nitrogen and oxygen atoms in total. The molecule has 2 aliphatic heterocycles. The van der Waals surface area contributed by atoms with Gasteiger partial charge in [0.25, 0.3) is 0 Å². The Bertz CT molecular complexity index is 730. The highest BCUT2D eigenvalue weighted by molar-refractivity contribution is 8.18. The summed E-state index contributed by atoms with van der Waals surface area (Å²) in [6.07, 6.45) is 4.97. The van der Waals surface area contributed by atoms with E-state index >= 15 is 0 Å². The van der Waals surface area contributed by atoms with Crippen LogP contribution in [0.5, 0.6) is 0 Å². The molecule has 2 fully saturated rings. The maximum absolute atomic E-state index is 2.57. The maximum Gasteiger partial charge on any atom is 0.0900 e. The fourth-order valence-electron chi connectivity index (χ4n) is 4.27. The minimum atomic E-state index is 0.190. The Morgan fingerprint density at radius 3 is 1.54 bits per heavy atom. The van der Waals surface area contributed by atoms with Gasteiger partial charge in [-0.25, -0.2) is 0 Å². The van der Waals surface area contributed by atoms with Gasteiger partial charge in [0, 0.05) is 12.8 Å². The van der Waals surface area contributed by atoms with E-state index in [2.05, 4.69) is 95.6 Å². The van der Waals surface area contributed by atoms with Gasteiger partial charge in [-0.2, -0.15) is 0 Å². The van der Waals surface area contributed by atoms with Crippen molar-refractivity contribution in [3.8, 4) is 0 Å². The van der Waals surface area contributed by atoms with Gasteiger partial charge in [-0.1, -0.05) is 48.5 Å². The van der Waals surface area contributed by atoms with Crippen LogP contribution in [0.15, 0.2) is 48.5 Å². The highest BCUT2D eigenvalue weighted by Gasteiger charge is 2.40. The predicted molar refractivity (Wildman–Crippen MR) is 123 cm³/mol. The van der Waals surface area contributed by atoms with Crippen molar-refractivity contribution in [1.82, 2.24) is 0 Å². The van der Waals surface area contributed by atoms with Crippen molar-refractivity contribution in [2.75, 3.05) is 23.0 Å². The van der Waals surface area contributed by atoms with Crippen molar-refractivity contribution in [2.45, 2.75) is 33.8 Å². The maximum atomic E-state index is 2.57. The normalized spacial score (nSPS) is 23.7. The van der Waals surface area contributed by atoms with Crippen LogP contribution in [0.25, 0.3) is 0 Å². The third kappa shape index (κ3) is 3.25. The summed E-state index contributed by atoms with van der Waals surface area (Å²) in [7, 11) is 0. The number of hydrogen-bond acceptors (Lipinski definition) is 4. The molecule has 136 valence electrons. The highest BCUT2D eigenvalue weighted by atomic mass is 32.2. The van der Waals surface area contributed by atoms with Gasteiger partial charge in [0.05, 0.1) is 8.16 Å². The van der Waals surface area contributed by atoms with Crippen molar-refractivity contribution in [3.05, 3.63) is 70.8 Å². The van der Waals surface area contributed by atoms with Gasteiger partial charge in [-0.3, -0.25) is 0 Å². The SMILES string of the molecule is c1cc2cc(c1)CC1(SCCCS1)c1cccc(c1)C1(C2)SCCCS1. The first-order valence-corrected chi connectivity index (χ1v) is 13.5. The molecule has 0 radical (unpaired) electrons. The molecule has 2 aromatic carbocycles. The molecule has 4 bridgehead atoms. The molecule has 2 aromatic rings. The van der Waals surface area contributed by atoms with E-state index in [1.54, 1.807) is 11.1 Å². The Morgan fingerprint density at radius 2 is 1.04 bits per heavy atom. The number of rotatable bonds is 0. The number of fused-ring (bicyclic) bond motifs is 6. The summed E-state index contributed by atoms with van der Waals surface area (Å²) in [5.41, 5.74) is 6.11. The van der Waals surface area contributed by atoms with E-state index in [1.165, 1.54) is 47.0 Å². The zero-order valence-electron chi connectivity index (χ0n) is 14.9. The van der Waals surface area contributed by atoms with E-state index in [0.717, 1.165) is 12.8 Å². The lowest BCUT2D eigenvalue weighted by Gasteiger charge is -2.41. The Labute approximate surface area is 174 Å². The van der Waals surface area contributed by atoms with E-state index in [-0.39, 0.29) is 8.16 Å². The molecule has 2 saturated heterocycles. The Balaban J connectivity index is 1.69. The van der Waals surface area contributed by atoms with E-state index in [0.29, 0.717) is 0 Å². The standard InChI is InChI=1S/C22H24S4/c1-5-17-13-18(6-1)16-22(25-11-4-12-26-22)20-8-2-7-19(14-20)21(15-17)23-9-3-10-24-21/h1-2,5-8,13-14H,3-4,9-12,15-16H2. The molecule has 2 heterocycles. The molecule has 0 unspecified atom stereocenters. The van der Waals surface area contributed by atoms with E-state index in [4.69, 9.17) is 0 Å². The van der Waals surface area contributed by atoms with Gasteiger partial charge < -0.3 is 0 Å². The van der Waals surface area contributed by atoms with Crippen LogP contribution < -0.4 is 0 Å². The second-order valence-corrected chi connectivity index (χ2v) is 13.5. The smallest absolute Gasteiger partial charge is 0.0900 e. The number of hydrogen-bond donors (Lipinski definition) is 0. The van der Waals surface area contributed by atoms with Crippen molar-refractivity contribution in [1.29, 1.82) is 0 Å². The van der Waals surface area contributed by atoms with Gasteiger partial charge >= 0.3 is 0 Å². The topological polar surface area (TPSA) is 0 Å². The van der Waals surface area contributed by atoms with Crippen molar-refractivity contribution in [2.24, 2.45) is 0 Å². The first-order chi connectivity index (χ1) is 12.8. The Morgan fingerprint density at radius 1 is 0.577 bits per heavy atom.